The van der Waals surface area contributed by atoms with Gasteiger partial charge in [-0.2, -0.15) is 15.0 Å². The maximum Gasteiger partial charge on any atom is 0.246 e. The summed E-state index contributed by atoms with van der Waals surface area (Å²) in [6, 6.07) is 5.75. The molecule has 0 radical (unpaired) electrons. The van der Waals surface area contributed by atoms with Gasteiger partial charge in [0.15, 0.2) is 22.5 Å². The molecule has 0 spiro atoms. The molecule has 23 heteroatoms. The van der Waals surface area contributed by atoms with E-state index in [0.29, 0.717) is 24.1 Å². The quantitative estimate of drug-likeness (QED) is 0.172. The van der Waals surface area contributed by atoms with Crippen LogP contribution in [0.4, 0.5) is 8.78 Å². The van der Waals surface area contributed by atoms with Gasteiger partial charge in [-0.15, -0.1) is 20.6 Å². The summed E-state index contributed by atoms with van der Waals surface area (Å²) in [5.74, 6) is -1.52. The lowest BCUT2D eigenvalue weighted by Crippen LogP contribution is -2.49. The minimum atomic E-state index is -0.777. The predicted molar refractivity (Wildman–Crippen MR) is 215 cm³/mol. The van der Waals surface area contributed by atoms with E-state index in [9.17, 15) is 4.79 Å². The lowest BCUT2D eigenvalue weighted by molar-refractivity contribution is -0.132. The highest BCUT2D eigenvalue weighted by Gasteiger charge is 2.71. The summed E-state index contributed by atoms with van der Waals surface area (Å²) in [5.41, 5.74) is 0.750. The first-order valence-corrected chi connectivity index (χ1v) is 17.8. The molecule has 2 fully saturated rings. The maximum atomic E-state index is 15.5. The number of pyridine rings is 1. The van der Waals surface area contributed by atoms with Crippen LogP contribution in [0, 0.1) is 11.6 Å². The van der Waals surface area contributed by atoms with Crippen molar-refractivity contribution in [2.75, 3.05) is 26.2 Å². The zero-order chi connectivity index (χ0) is 36.3. The maximum absolute atomic E-state index is 15.5. The molecule has 1 aromatic carbocycles. The lowest BCUT2D eigenvalue weighted by Gasteiger charge is -2.50. The van der Waals surface area contributed by atoms with Gasteiger partial charge in [-0.05, 0) is 22.8 Å². The first-order valence-electron chi connectivity index (χ1n) is 17.0. The Bertz CT molecular complexity index is 1880. The summed E-state index contributed by atoms with van der Waals surface area (Å²) in [6.07, 6.45) is 4.72. The number of carbonyl (C=O) groups is 1. The number of nitrogens with zero attached hydrogens (tertiary/aromatic N) is 8. The molecule has 2 aliphatic rings. The number of carbonyl (C=O) groups excluding carboxylic acids is 1. The Kier molecular flexibility index (Phi) is 9.50. The van der Waals surface area contributed by atoms with E-state index >= 15 is 8.78 Å². The van der Waals surface area contributed by atoms with E-state index < -0.39 is 11.6 Å². The number of aromatic nitrogens is 7. The molecule has 1 N–H and O–H groups in total. The summed E-state index contributed by atoms with van der Waals surface area (Å²) in [5, 5.41) is 21.0. The molecule has 11 nitrogen and oxygen atoms in total. The van der Waals surface area contributed by atoms with E-state index in [1.165, 1.54) is 11.0 Å². The van der Waals surface area contributed by atoms with Crippen LogP contribution < -0.4 is 10.1 Å². The minimum Gasteiger partial charge on any atom is -0.482 e. The zero-order valence-corrected chi connectivity index (χ0v) is 31.2. The highest BCUT2D eigenvalue weighted by Crippen LogP contribution is 2.82. The van der Waals surface area contributed by atoms with Crippen LogP contribution in [0.2, 0.25) is 20.9 Å². The largest absolute Gasteiger partial charge is 0.482 e. The van der Waals surface area contributed by atoms with Crippen molar-refractivity contribution >= 4 is 88.3 Å². The Morgan fingerprint density at radius 3 is 2.24 bits per heavy atom. The van der Waals surface area contributed by atoms with Crippen LogP contribution in [0.5, 0.6) is 5.75 Å². The van der Waals surface area contributed by atoms with Gasteiger partial charge in [-0.1, -0.05) is 22.2 Å². The van der Waals surface area contributed by atoms with Gasteiger partial charge in [0.05, 0.1) is 80.9 Å². The molecule has 0 unspecified atom stereocenters. The van der Waals surface area contributed by atoms with E-state index in [2.05, 4.69) is 101 Å². The SMILES string of the molecule is BC1(B)C(B)(B)C(B)(B)C(B)(Sc2nnc(COc3cc(F)c(-c4cnn(CC(=O)N5CCNCC5)n4)cc3F)n2-c2cccnc2)C1(B)B. The number of thioether (sulfide) groups is 1. The molecule has 1 amide bonds. The van der Waals surface area contributed by atoms with Crippen molar-refractivity contribution in [3.8, 4) is 22.7 Å². The monoisotopic (exact) mass is 689 g/mol. The number of nitrogens with one attached hydrogen (secondary N) is 1. The van der Waals surface area contributed by atoms with Gasteiger partial charge in [-0.25, -0.2) is 8.78 Å². The third kappa shape index (κ3) is 5.76. The van der Waals surface area contributed by atoms with Crippen molar-refractivity contribution in [1.82, 2.24) is 45.0 Å². The number of rotatable bonds is 9. The molecule has 1 saturated carbocycles. The van der Waals surface area contributed by atoms with Gasteiger partial charge in [-0.3, -0.25) is 14.3 Å². The van der Waals surface area contributed by atoms with Crippen molar-refractivity contribution < 1.29 is 18.3 Å². The van der Waals surface area contributed by atoms with Crippen molar-refractivity contribution in [2.45, 2.75) is 43.8 Å². The Hall–Kier alpha value is -3.33. The number of hydrogen-bond acceptors (Lipinski definition) is 9. The highest BCUT2D eigenvalue weighted by molar-refractivity contribution is 8.02. The van der Waals surface area contributed by atoms with Crippen LogP contribution in [-0.4, -0.2) is 147 Å². The number of ether oxygens (including phenoxy) is 1. The van der Waals surface area contributed by atoms with Crippen LogP contribution in [0.25, 0.3) is 16.9 Å². The molecular formula is C27H38B9F2N9O2S. The summed E-state index contributed by atoms with van der Waals surface area (Å²) in [6.45, 7) is 2.36. The summed E-state index contributed by atoms with van der Waals surface area (Å²) < 4.78 is 38.4. The van der Waals surface area contributed by atoms with Crippen molar-refractivity contribution in [1.29, 1.82) is 0 Å². The molecule has 3 aromatic heterocycles. The van der Waals surface area contributed by atoms with Crippen LogP contribution in [0.3, 0.4) is 0 Å². The van der Waals surface area contributed by atoms with E-state index in [4.69, 9.17) is 4.74 Å². The van der Waals surface area contributed by atoms with Crippen molar-refractivity contribution in [3.05, 3.63) is 60.3 Å². The number of amides is 1. The topological polar surface area (TPSA) is 116 Å². The van der Waals surface area contributed by atoms with Crippen LogP contribution in [-0.2, 0) is 17.9 Å². The smallest absolute Gasteiger partial charge is 0.246 e. The third-order valence-electron chi connectivity index (χ3n) is 12.9. The van der Waals surface area contributed by atoms with Gasteiger partial charge in [0.1, 0.15) is 32.5 Å². The molecule has 1 aliphatic carbocycles. The van der Waals surface area contributed by atoms with Gasteiger partial charge in [0.2, 0.25) is 5.91 Å². The number of piperazine rings is 1. The van der Waals surface area contributed by atoms with Gasteiger partial charge >= 0.3 is 0 Å². The Morgan fingerprint density at radius 1 is 0.920 bits per heavy atom. The summed E-state index contributed by atoms with van der Waals surface area (Å²) in [7, 11) is 21.0. The standard InChI is InChI=1S/C27H38B9F2N9O2S/c28-23(29)24(30,31)26(34,35)27(36,25(23,32)33)50-22-43-42-20(47(22)14-2-1-3-40-10-14)13-49-19-9-16(37)15(8-17(19)38)18-11-41-46(44-18)12-21(48)45-6-4-39-5-7-45/h1-3,8-11,39H,4-7,12-13,28-36H2. The van der Waals surface area contributed by atoms with Gasteiger partial charge < -0.3 is 15.0 Å². The number of benzene rings is 1. The van der Waals surface area contributed by atoms with Crippen LogP contribution in [0.15, 0.2) is 48.0 Å². The highest BCUT2D eigenvalue weighted by atomic mass is 32.2. The molecule has 6 rings (SSSR count). The molecule has 0 bridgehead atoms. The second kappa shape index (κ2) is 13.0. The fourth-order valence-electron chi connectivity index (χ4n) is 7.79. The molecule has 50 heavy (non-hydrogen) atoms. The Morgan fingerprint density at radius 2 is 1.60 bits per heavy atom. The first kappa shape index (κ1) is 36.5. The second-order valence-electron chi connectivity index (χ2n) is 15.5. The second-order valence-corrected chi connectivity index (χ2v) is 16.9. The molecule has 4 aromatic rings. The Balaban J connectivity index is 1.25. The minimum absolute atomic E-state index is 0.0271. The van der Waals surface area contributed by atoms with Gasteiger partial charge in [0.25, 0.3) is 0 Å². The number of hydrogen-bond donors (Lipinski definition) is 1. The molecule has 0 atom stereocenters. The first-order chi connectivity index (χ1) is 23.4. The summed E-state index contributed by atoms with van der Waals surface area (Å²) >= 11 is 1.69. The molecule has 250 valence electrons. The average molecular weight is 688 g/mol. The molecular weight excluding hydrogens is 650 g/mol. The normalized spacial score (nSPS) is 20.0. The zero-order valence-electron chi connectivity index (χ0n) is 30.3. The van der Waals surface area contributed by atoms with Gasteiger partial charge in [0, 0.05) is 44.0 Å². The van der Waals surface area contributed by atoms with Crippen molar-refractivity contribution in [2.24, 2.45) is 0 Å². The average Bonchev–Trinajstić information content (AvgIpc) is 3.72. The lowest BCUT2D eigenvalue weighted by atomic mass is 9.17. The molecule has 1 saturated heterocycles. The van der Waals surface area contributed by atoms with E-state index in [0.717, 1.165) is 30.9 Å². The molecule has 4 heterocycles. The van der Waals surface area contributed by atoms with E-state index in [1.54, 1.807) is 29.1 Å². The van der Waals surface area contributed by atoms with E-state index in [-0.39, 0.29) is 61.6 Å². The van der Waals surface area contributed by atoms with Crippen LogP contribution >= 0.6 is 11.8 Å². The third-order valence-corrected chi connectivity index (χ3v) is 14.8. The fraction of sp³-hybridized carbons (Fsp3) is 0.407. The fourth-order valence-corrected chi connectivity index (χ4v) is 9.56. The van der Waals surface area contributed by atoms with E-state index in [1.807, 2.05) is 16.7 Å². The Labute approximate surface area is 303 Å². The summed E-state index contributed by atoms with van der Waals surface area (Å²) in [4.78, 5) is 19.9. The predicted octanol–water partition coefficient (Wildman–Crippen LogP) is -5.83. The van der Waals surface area contributed by atoms with Crippen LogP contribution in [0.1, 0.15) is 5.82 Å². The van der Waals surface area contributed by atoms with Crippen molar-refractivity contribution in [3.63, 3.8) is 0 Å². The molecule has 1 aliphatic heterocycles. The number of halogens is 2.